The highest BCUT2D eigenvalue weighted by Crippen LogP contribution is 2.35. The van der Waals surface area contributed by atoms with E-state index in [4.69, 9.17) is 9.72 Å². The van der Waals surface area contributed by atoms with Gasteiger partial charge >= 0.3 is 0 Å². The number of benzene rings is 2. The molecule has 2 heterocycles. The summed E-state index contributed by atoms with van der Waals surface area (Å²) in [5.74, 6) is 0.0132. The molecule has 1 aromatic heterocycles. The van der Waals surface area contributed by atoms with Crippen molar-refractivity contribution >= 4 is 35.1 Å². The molecule has 0 spiro atoms. The predicted molar refractivity (Wildman–Crippen MR) is 126 cm³/mol. The molecule has 0 bridgehead atoms. The molecule has 4 rings (SSSR count). The van der Waals surface area contributed by atoms with E-state index in [-0.39, 0.29) is 28.3 Å². The largest absolute Gasteiger partial charge is 0.492 e. The topological polar surface area (TPSA) is 73.2 Å². The van der Waals surface area contributed by atoms with E-state index >= 15 is 0 Å². The number of rotatable bonds is 7. The monoisotopic (exact) mass is 471 g/mol. The molecule has 1 aliphatic heterocycles. The number of nitrogens with one attached hydrogen (secondary N) is 1. The van der Waals surface area contributed by atoms with Gasteiger partial charge in [0.15, 0.2) is 5.16 Å². The van der Waals surface area contributed by atoms with Gasteiger partial charge in [0.25, 0.3) is 5.56 Å². The van der Waals surface area contributed by atoms with Crippen molar-refractivity contribution in [1.29, 1.82) is 0 Å². The van der Waals surface area contributed by atoms with E-state index in [1.807, 2.05) is 26.0 Å². The first kappa shape index (κ1) is 22.4. The summed E-state index contributed by atoms with van der Waals surface area (Å²) in [6, 6.07) is 12.9. The van der Waals surface area contributed by atoms with Gasteiger partial charge in [-0.15, -0.1) is 11.8 Å². The van der Waals surface area contributed by atoms with Crippen LogP contribution in [0.3, 0.4) is 0 Å². The quantitative estimate of drug-likeness (QED) is 0.403. The van der Waals surface area contributed by atoms with Crippen LogP contribution >= 0.6 is 23.5 Å². The second kappa shape index (κ2) is 9.79. The number of carbonyl (C=O) groups is 1. The Morgan fingerprint density at radius 3 is 2.78 bits per heavy atom. The fourth-order valence-corrected chi connectivity index (χ4v) is 5.31. The van der Waals surface area contributed by atoms with Crippen molar-refractivity contribution in [2.75, 3.05) is 17.7 Å². The van der Waals surface area contributed by atoms with Crippen LogP contribution in [0, 0.1) is 5.82 Å². The molecule has 0 radical (unpaired) electrons. The van der Waals surface area contributed by atoms with E-state index in [0.29, 0.717) is 40.2 Å². The first-order valence-corrected chi connectivity index (χ1v) is 12.1. The average molecular weight is 472 g/mol. The lowest BCUT2D eigenvalue weighted by molar-refractivity contribution is -0.113. The third kappa shape index (κ3) is 4.83. The number of ether oxygens (including phenoxy) is 1. The van der Waals surface area contributed by atoms with Crippen LogP contribution in [0.1, 0.15) is 19.5 Å². The van der Waals surface area contributed by atoms with Gasteiger partial charge in [0, 0.05) is 11.7 Å². The van der Waals surface area contributed by atoms with E-state index in [0.717, 1.165) is 5.69 Å². The van der Waals surface area contributed by atoms with Gasteiger partial charge in [0.05, 0.1) is 34.3 Å². The first-order valence-electron chi connectivity index (χ1n) is 10.2. The van der Waals surface area contributed by atoms with Gasteiger partial charge in [0.2, 0.25) is 5.91 Å². The van der Waals surface area contributed by atoms with Crippen LogP contribution < -0.4 is 15.6 Å². The molecular formula is C23H22FN3O3S2. The molecule has 9 heteroatoms. The Labute approximate surface area is 193 Å². The summed E-state index contributed by atoms with van der Waals surface area (Å²) in [6.45, 7) is 4.41. The number of halogens is 1. The van der Waals surface area contributed by atoms with Gasteiger partial charge < -0.3 is 10.1 Å². The molecule has 0 aliphatic carbocycles. The molecule has 1 aliphatic rings. The van der Waals surface area contributed by atoms with Crippen LogP contribution in [0.4, 0.5) is 10.1 Å². The lowest BCUT2D eigenvalue weighted by Crippen LogP contribution is -2.24. The van der Waals surface area contributed by atoms with Gasteiger partial charge in [-0.25, -0.2) is 9.37 Å². The highest BCUT2D eigenvalue weighted by atomic mass is 32.2. The fourth-order valence-electron chi connectivity index (χ4n) is 3.38. The molecule has 2 aromatic carbocycles. The van der Waals surface area contributed by atoms with E-state index < -0.39 is 0 Å². The fraction of sp³-hybridized carbons (Fsp3) is 0.261. The molecule has 1 unspecified atom stereocenters. The Morgan fingerprint density at radius 2 is 2.03 bits per heavy atom. The predicted octanol–water partition coefficient (Wildman–Crippen LogP) is 4.54. The van der Waals surface area contributed by atoms with E-state index in [1.165, 1.54) is 52.4 Å². The minimum atomic E-state index is -0.388. The summed E-state index contributed by atoms with van der Waals surface area (Å²) in [4.78, 5) is 31.2. The molecule has 1 amide bonds. The summed E-state index contributed by atoms with van der Waals surface area (Å²) in [5, 5.41) is 3.51. The molecule has 32 heavy (non-hydrogen) atoms. The number of carbonyl (C=O) groups excluding carboxylic acids is 1. The molecule has 3 aromatic rings. The molecule has 6 nitrogen and oxygen atoms in total. The number of para-hydroxylation sites is 2. The number of hydrogen-bond donors (Lipinski definition) is 1. The molecule has 0 fully saturated rings. The Morgan fingerprint density at radius 1 is 1.28 bits per heavy atom. The number of amides is 1. The third-order valence-electron chi connectivity index (χ3n) is 4.76. The average Bonchev–Trinajstić information content (AvgIpc) is 3.15. The molecule has 0 saturated heterocycles. The molecule has 0 saturated carbocycles. The van der Waals surface area contributed by atoms with E-state index in [9.17, 15) is 14.0 Å². The summed E-state index contributed by atoms with van der Waals surface area (Å²) in [6.07, 6.45) is 0.695. The second-order valence-corrected chi connectivity index (χ2v) is 9.58. The first-order chi connectivity index (χ1) is 15.5. The van der Waals surface area contributed by atoms with Gasteiger partial charge in [-0.05, 0) is 43.3 Å². The molecule has 166 valence electrons. The zero-order valence-corrected chi connectivity index (χ0v) is 19.3. The van der Waals surface area contributed by atoms with Crippen molar-refractivity contribution in [3.05, 3.63) is 70.4 Å². The van der Waals surface area contributed by atoms with Crippen LogP contribution in [0.2, 0.25) is 0 Å². The Hall–Kier alpha value is -2.78. The minimum absolute atomic E-state index is 0.0512. The van der Waals surface area contributed by atoms with Crippen molar-refractivity contribution in [2.24, 2.45) is 0 Å². The SMILES string of the molecule is CCOc1ccccc1NC(=O)CSc1nc2c(c(=O)n1-c1ccc(F)cc1)SC(C)C2. The second-order valence-electron chi connectivity index (χ2n) is 7.19. The minimum Gasteiger partial charge on any atom is -0.492 e. The Kier molecular flexibility index (Phi) is 6.86. The third-order valence-corrected chi connectivity index (χ3v) is 6.91. The highest BCUT2D eigenvalue weighted by Gasteiger charge is 2.27. The van der Waals surface area contributed by atoms with Crippen LogP contribution in [-0.2, 0) is 11.2 Å². The van der Waals surface area contributed by atoms with E-state index in [2.05, 4.69) is 5.32 Å². The number of hydrogen-bond acceptors (Lipinski definition) is 6. The number of fused-ring (bicyclic) bond motifs is 1. The number of nitrogens with zero attached hydrogens (tertiary/aromatic N) is 2. The number of thioether (sulfide) groups is 2. The van der Waals surface area contributed by atoms with Crippen molar-refractivity contribution in [3.63, 3.8) is 0 Å². The van der Waals surface area contributed by atoms with Gasteiger partial charge in [-0.3, -0.25) is 14.2 Å². The van der Waals surface area contributed by atoms with E-state index in [1.54, 1.807) is 12.1 Å². The maximum Gasteiger partial charge on any atom is 0.272 e. The van der Waals surface area contributed by atoms with Crippen molar-refractivity contribution in [1.82, 2.24) is 9.55 Å². The highest BCUT2D eigenvalue weighted by molar-refractivity contribution is 8.00. The maximum absolute atomic E-state index is 13.4. The van der Waals surface area contributed by atoms with Gasteiger partial charge in [0.1, 0.15) is 11.6 Å². The van der Waals surface area contributed by atoms with Crippen molar-refractivity contribution in [2.45, 2.75) is 35.6 Å². The standard InChI is InChI=1S/C23H22FN3O3S2/c1-3-30-19-7-5-4-6-17(19)25-20(28)13-31-23-26-18-12-14(2)32-21(18)22(29)27(23)16-10-8-15(24)9-11-16/h4-11,14H,3,12-13H2,1-2H3,(H,25,28). The van der Waals surface area contributed by atoms with Crippen LogP contribution in [0.15, 0.2) is 63.4 Å². The zero-order chi connectivity index (χ0) is 22.7. The van der Waals surface area contributed by atoms with Crippen LogP contribution in [0.25, 0.3) is 5.69 Å². The summed E-state index contributed by atoms with van der Waals surface area (Å²) < 4.78 is 20.5. The smallest absolute Gasteiger partial charge is 0.272 e. The maximum atomic E-state index is 13.4. The lowest BCUT2D eigenvalue weighted by atomic mass is 10.2. The molecule has 1 N–H and O–H groups in total. The Balaban J connectivity index is 1.60. The summed E-state index contributed by atoms with van der Waals surface area (Å²) in [7, 11) is 0. The van der Waals surface area contributed by atoms with Gasteiger partial charge in [-0.1, -0.05) is 30.8 Å². The normalized spacial score (nSPS) is 14.8. The van der Waals surface area contributed by atoms with Crippen molar-refractivity contribution < 1.29 is 13.9 Å². The number of aromatic nitrogens is 2. The van der Waals surface area contributed by atoms with Crippen LogP contribution in [0.5, 0.6) is 5.75 Å². The van der Waals surface area contributed by atoms with Crippen molar-refractivity contribution in [3.8, 4) is 11.4 Å². The van der Waals surface area contributed by atoms with Gasteiger partial charge in [-0.2, -0.15) is 0 Å². The molecular weight excluding hydrogens is 449 g/mol. The Bertz CT molecular complexity index is 1200. The summed E-state index contributed by atoms with van der Waals surface area (Å²) >= 11 is 2.67. The molecule has 1 atom stereocenters. The zero-order valence-electron chi connectivity index (χ0n) is 17.6. The number of anilines is 1. The summed E-state index contributed by atoms with van der Waals surface area (Å²) in [5.41, 5.74) is 1.65. The lowest BCUT2D eigenvalue weighted by Gasteiger charge is -2.14. The van der Waals surface area contributed by atoms with Crippen LogP contribution in [-0.4, -0.2) is 33.1 Å².